The number of fused-ring (bicyclic) bond motifs is 1. The minimum atomic E-state index is -0.765. The van der Waals surface area contributed by atoms with Crippen molar-refractivity contribution in [1.82, 2.24) is 9.78 Å². The van der Waals surface area contributed by atoms with Crippen LogP contribution < -0.4 is 15.4 Å². The number of aromatic nitrogens is 2. The van der Waals surface area contributed by atoms with Crippen molar-refractivity contribution in [3.8, 4) is 16.9 Å². The average Bonchev–Trinajstić information content (AvgIpc) is 3.22. The maximum Gasteiger partial charge on any atom is 0.251 e. The van der Waals surface area contributed by atoms with Crippen molar-refractivity contribution in [2.24, 2.45) is 0 Å². The van der Waals surface area contributed by atoms with Gasteiger partial charge in [-0.15, -0.1) is 0 Å². The maximum absolute atomic E-state index is 13.2. The molecule has 0 fully saturated rings. The number of carbonyl (C=O) groups is 2. The number of halogens is 1. The van der Waals surface area contributed by atoms with E-state index in [9.17, 15) is 14.0 Å². The Bertz CT molecular complexity index is 1050. The zero-order valence-electron chi connectivity index (χ0n) is 15.0. The number of benzene rings is 2. The van der Waals surface area contributed by atoms with Crippen LogP contribution in [0.2, 0.25) is 0 Å². The van der Waals surface area contributed by atoms with Crippen molar-refractivity contribution in [3.63, 3.8) is 0 Å². The van der Waals surface area contributed by atoms with Crippen LogP contribution >= 0.6 is 0 Å². The average molecular weight is 380 g/mol. The van der Waals surface area contributed by atoms with Crippen LogP contribution in [0.4, 0.5) is 15.9 Å². The zero-order valence-corrected chi connectivity index (χ0v) is 15.0. The van der Waals surface area contributed by atoms with E-state index < -0.39 is 6.04 Å². The van der Waals surface area contributed by atoms with Gasteiger partial charge in [-0.3, -0.25) is 9.59 Å². The summed E-state index contributed by atoms with van der Waals surface area (Å²) in [5, 5.41) is 9.78. The summed E-state index contributed by atoms with van der Waals surface area (Å²) in [6.45, 7) is 0. The fraction of sp³-hybridized carbons (Fsp3) is 0.150. The molecule has 0 saturated carbocycles. The molecule has 1 unspecified atom stereocenters. The van der Waals surface area contributed by atoms with Gasteiger partial charge >= 0.3 is 0 Å². The van der Waals surface area contributed by atoms with E-state index in [1.54, 1.807) is 42.6 Å². The van der Waals surface area contributed by atoms with Gasteiger partial charge in [0.05, 0.1) is 25.4 Å². The van der Waals surface area contributed by atoms with Crippen molar-refractivity contribution in [2.45, 2.75) is 12.5 Å². The third kappa shape index (κ3) is 3.20. The van der Waals surface area contributed by atoms with Gasteiger partial charge in [-0.25, -0.2) is 9.07 Å². The molecule has 0 radical (unpaired) electrons. The third-order valence-corrected chi connectivity index (χ3v) is 4.55. The molecule has 1 aliphatic rings. The summed E-state index contributed by atoms with van der Waals surface area (Å²) in [5.74, 6) is 0.0252. The van der Waals surface area contributed by atoms with Crippen LogP contribution in [0.3, 0.4) is 0 Å². The molecule has 7 nitrogen and oxygen atoms in total. The van der Waals surface area contributed by atoms with Crippen molar-refractivity contribution in [3.05, 3.63) is 60.5 Å². The molecule has 1 aromatic heterocycles. The lowest BCUT2D eigenvalue weighted by Gasteiger charge is -2.12. The van der Waals surface area contributed by atoms with Gasteiger partial charge in [0.2, 0.25) is 5.91 Å². The number of carbonyl (C=O) groups excluding carboxylic acids is 2. The number of methoxy groups -OCH3 is 1. The van der Waals surface area contributed by atoms with Crippen LogP contribution in [0.5, 0.6) is 5.75 Å². The van der Waals surface area contributed by atoms with Crippen molar-refractivity contribution in [1.29, 1.82) is 0 Å². The van der Waals surface area contributed by atoms with E-state index in [4.69, 9.17) is 4.74 Å². The fourth-order valence-corrected chi connectivity index (χ4v) is 3.18. The molecule has 0 saturated heterocycles. The molecule has 0 bridgehead atoms. The molecule has 142 valence electrons. The van der Waals surface area contributed by atoms with E-state index in [2.05, 4.69) is 15.7 Å². The van der Waals surface area contributed by atoms with E-state index in [1.807, 2.05) is 0 Å². The van der Waals surface area contributed by atoms with E-state index in [-0.39, 0.29) is 24.1 Å². The van der Waals surface area contributed by atoms with E-state index in [0.29, 0.717) is 22.8 Å². The van der Waals surface area contributed by atoms with Gasteiger partial charge in [0.15, 0.2) is 0 Å². The number of anilines is 2. The summed E-state index contributed by atoms with van der Waals surface area (Å²) in [6.07, 6.45) is 1.51. The highest BCUT2D eigenvalue weighted by atomic mass is 19.1. The third-order valence-electron chi connectivity index (χ3n) is 4.55. The number of hydrogen-bond acceptors (Lipinski definition) is 4. The molecular weight excluding hydrogens is 363 g/mol. The molecule has 3 aromatic rings. The number of nitrogens with zero attached hydrogens (tertiary/aromatic N) is 2. The molecule has 2 amide bonds. The van der Waals surface area contributed by atoms with E-state index >= 15 is 0 Å². The van der Waals surface area contributed by atoms with Gasteiger partial charge in [-0.2, -0.15) is 5.10 Å². The largest absolute Gasteiger partial charge is 0.495 e. The number of rotatable bonds is 5. The van der Waals surface area contributed by atoms with Crippen LogP contribution in [0.1, 0.15) is 12.5 Å². The van der Waals surface area contributed by atoms with Crippen LogP contribution in [0, 0.1) is 5.82 Å². The second-order valence-corrected chi connectivity index (χ2v) is 6.32. The fourth-order valence-electron chi connectivity index (χ4n) is 3.18. The quantitative estimate of drug-likeness (QED) is 0.712. The Morgan fingerprint density at radius 2 is 2.00 bits per heavy atom. The van der Waals surface area contributed by atoms with Gasteiger partial charge < -0.3 is 15.4 Å². The first-order chi connectivity index (χ1) is 13.6. The Hall–Kier alpha value is -3.68. The molecule has 4 rings (SSSR count). The molecular formula is C20H17FN4O3. The Kier molecular flexibility index (Phi) is 4.52. The number of para-hydroxylation sites is 2. The first kappa shape index (κ1) is 17.7. The Labute approximate surface area is 160 Å². The molecule has 2 heterocycles. The normalized spacial score (nSPS) is 15.1. The number of amides is 2. The van der Waals surface area contributed by atoms with Gasteiger partial charge in [0, 0.05) is 5.56 Å². The van der Waals surface area contributed by atoms with Crippen molar-refractivity contribution >= 4 is 23.3 Å². The van der Waals surface area contributed by atoms with E-state index in [0.717, 1.165) is 5.56 Å². The second kappa shape index (κ2) is 7.15. The summed E-state index contributed by atoms with van der Waals surface area (Å²) in [6, 6.07) is 12.2. The monoisotopic (exact) mass is 380 g/mol. The molecule has 0 aliphatic carbocycles. The molecule has 0 spiro atoms. The number of hydrogen-bond donors (Lipinski definition) is 2. The Morgan fingerprint density at radius 1 is 1.25 bits per heavy atom. The smallest absolute Gasteiger partial charge is 0.251 e. The number of nitrogens with one attached hydrogen (secondary N) is 2. The van der Waals surface area contributed by atoms with Crippen LogP contribution in [0.15, 0.2) is 54.7 Å². The van der Waals surface area contributed by atoms with Crippen LogP contribution in [0.25, 0.3) is 11.1 Å². The Morgan fingerprint density at radius 3 is 2.75 bits per heavy atom. The zero-order chi connectivity index (χ0) is 19.7. The lowest BCUT2D eigenvalue weighted by atomic mass is 10.1. The van der Waals surface area contributed by atoms with Crippen LogP contribution in [-0.2, 0) is 9.59 Å². The molecule has 28 heavy (non-hydrogen) atoms. The molecule has 1 atom stereocenters. The van der Waals surface area contributed by atoms with E-state index in [1.165, 1.54) is 23.9 Å². The highest BCUT2D eigenvalue weighted by Crippen LogP contribution is 2.36. The topological polar surface area (TPSA) is 85.2 Å². The molecule has 2 aromatic carbocycles. The summed E-state index contributed by atoms with van der Waals surface area (Å²) >= 11 is 0. The molecule has 1 aliphatic heterocycles. The Balaban J connectivity index is 1.54. The number of ether oxygens (including phenoxy) is 1. The minimum absolute atomic E-state index is 0.0819. The molecule has 2 N–H and O–H groups in total. The highest BCUT2D eigenvalue weighted by molar-refractivity contribution is 6.04. The predicted molar refractivity (Wildman–Crippen MR) is 102 cm³/mol. The first-order valence-corrected chi connectivity index (χ1v) is 8.64. The molecule has 8 heteroatoms. The second-order valence-electron chi connectivity index (χ2n) is 6.32. The predicted octanol–water partition coefficient (Wildman–Crippen LogP) is 3.22. The van der Waals surface area contributed by atoms with Crippen molar-refractivity contribution in [2.75, 3.05) is 17.7 Å². The SMILES string of the molecule is COc1ccccc1NC(=O)CC1C(=O)Nc2c(-c3ccc(F)cc3)cnn21. The summed E-state index contributed by atoms with van der Waals surface area (Å²) in [5.41, 5.74) is 1.92. The lowest BCUT2D eigenvalue weighted by Crippen LogP contribution is -2.23. The summed E-state index contributed by atoms with van der Waals surface area (Å²) in [4.78, 5) is 24.9. The first-order valence-electron chi connectivity index (χ1n) is 8.64. The highest BCUT2D eigenvalue weighted by Gasteiger charge is 2.35. The summed E-state index contributed by atoms with van der Waals surface area (Å²) < 4.78 is 19.9. The van der Waals surface area contributed by atoms with Gasteiger partial charge in [-0.1, -0.05) is 24.3 Å². The standard InChI is InChI=1S/C20H17FN4O3/c1-28-17-5-3-2-4-15(17)23-18(26)10-16-20(27)24-19-14(11-22-25(16)19)12-6-8-13(21)9-7-12/h2-9,11,16H,10H2,1H3,(H,23,26)(H,24,27). The maximum atomic E-state index is 13.2. The van der Waals surface area contributed by atoms with Gasteiger partial charge in [0.25, 0.3) is 5.91 Å². The van der Waals surface area contributed by atoms with Crippen molar-refractivity contribution < 1.29 is 18.7 Å². The minimum Gasteiger partial charge on any atom is -0.495 e. The lowest BCUT2D eigenvalue weighted by molar-refractivity contribution is -0.123. The van der Waals surface area contributed by atoms with Gasteiger partial charge in [0.1, 0.15) is 23.4 Å². The van der Waals surface area contributed by atoms with Crippen LogP contribution in [-0.4, -0.2) is 28.7 Å². The van der Waals surface area contributed by atoms with Gasteiger partial charge in [-0.05, 0) is 29.8 Å². The summed E-state index contributed by atoms with van der Waals surface area (Å²) in [7, 11) is 1.52.